The molecular formula is C28H36N4O4. The zero-order valence-corrected chi connectivity index (χ0v) is 20.8. The Morgan fingerprint density at radius 2 is 1.72 bits per heavy atom. The van der Waals surface area contributed by atoms with E-state index in [-0.39, 0.29) is 12.6 Å². The van der Waals surface area contributed by atoms with E-state index in [1.807, 2.05) is 12.1 Å². The molecule has 1 saturated heterocycles. The third-order valence-electron chi connectivity index (χ3n) is 7.07. The van der Waals surface area contributed by atoms with Gasteiger partial charge in [-0.3, -0.25) is 25.1 Å². The molecule has 2 aliphatic rings. The number of hydrogen-bond acceptors (Lipinski definition) is 7. The Morgan fingerprint density at radius 3 is 2.39 bits per heavy atom. The molecule has 1 amide bonds. The zero-order valence-electron chi connectivity index (χ0n) is 20.8. The molecule has 0 unspecified atom stereocenters. The normalized spacial score (nSPS) is 19.7. The molecule has 0 bridgehead atoms. The van der Waals surface area contributed by atoms with Crippen LogP contribution in [0.5, 0.6) is 0 Å². The summed E-state index contributed by atoms with van der Waals surface area (Å²) in [6.07, 6.45) is 0.741. The average molecular weight is 493 g/mol. The summed E-state index contributed by atoms with van der Waals surface area (Å²) in [4.78, 5) is 16.6. The number of hydrogen-bond donors (Lipinski definition) is 5. The van der Waals surface area contributed by atoms with Gasteiger partial charge in [-0.05, 0) is 60.7 Å². The number of amides is 1. The monoisotopic (exact) mass is 492 g/mol. The maximum atomic E-state index is 11.9. The first kappa shape index (κ1) is 26.3. The Bertz CT molecular complexity index is 1080. The topological polar surface area (TPSA) is 108 Å². The van der Waals surface area contributed by atoms with Crippen LogP contribution in [-0.2, 0) is 17.8 Å². The van der Waals surface area contributed by atoms with E-state index in [1.165, 1.54) is 18.1 Å². The highest BCUT2D eigenvalue weighted by atomic mass is 16.5. The van der Waals surface area contributed by atoms with Gasteiger partial charge in [0.25, 0.3) is 5.91 Å². The molecule has 3 atom stereocenters. The van der Waals surface area contributed by atoms with E-state index in [4.69, 9.17) is 10.3 Å². The molecule has 1 aliphatic carbocycles. The van der Waals surface area contributed by atoms with Gasteiger partial charge in [-0.15, -0.1) is 0 Å². The van der Waals surface area contributed by atoms with Crippen molar-refractivity contribution in [1.29, 1.82) is 0 Å². The second-order valence-electron chi connectivity index (χ2n) is 9.65. The fraction of sp³-hybridized carbons (Fsp3) is 0.464. The summed E-state index contributed by atoms with van der Waals surface area (Å²) in [6.45, 7) is 7.47. The number of aryl methyl sites for hydroxylation is 1. The van der Waals surface area contributed by atoms with E-state index in [0.29, 0.717) is 0 Å². The van der Waals surface area contributed by atoms with Crippen LogP contribution in [0.4, 0.5) is 0 Å². The van der Waals surface area contributed by atoms with Crippen LogP contribution in [0.25, 0.3) is 0 Å². The highest BCUT2D eigenvalue weighted by molar-refractivity contribution is 5.81. The molecule has 2 aromatic carbocycles. The lowest BCUT2D eigenvalue weighted by atomic mass is 10.0. The summed E-state index contributed by atoms with van der Waals surface area (Å²) in [6, 6.07) is 13.6. The third-order valence-corrected chi connectivity index (χ3v) is 7.07. The molecular weight excluding hydrogens is 456 g/mol. The van der Waals surface area contributed by atoms with E-state index < -0.39 is 18.1 Å². The number of piperazine rings is 1. The van der Waals surface area contributed by atoms with Crippen molar-refractivity contribution in [3.05, 3.63) is 70.3 Å². The van der Waals surface area contributed by atoms with Crippen LogP contribution in [0.15, 0.2) is 42.5 Å². The standard InChI is InChI=1S/C28H36N4O4/c1-20(34)27(28(35)30-36)29-26-11-9-24-18-22(8-10-25(24)26)5-2-21-3-6-23(7-4-21)19-32-14-12-31(13-15-32)16-17-33/h3-4,6-8,10,18,20,26-27,29,33-34,36H,9,11-17,19H2,1H3,(H,30,35)/t20-,26+,27+/m1/s1. The smallest absolute Gasteiger partial charge is 0.263 e. The highest BCUT2D eigenvalue weighted by Gasteiger charge is 2.30. The average Bonchev–Trinajstić information content (AvgIpc) is 3.29. The molecule has 8 heteroatoms. The molecule has 4 rings (SSSR count). The molecule has 1 fully saturated rings. The van der Waals surface area contributed by atoms with Gasteiger partial charge in [-0.2, -0.15) is 0 Å². The van der Waals surface area contributed by atoms with E-state index >= 15 is 0 Å². The number of rotatable bonds is 8. The van der Waals surface area contributed by atoms with Crippen LogP contribution in [0.1, 0.15) is 47.2 Å². The van der Waals surface area contributed by atoms with Crippen molar-refractivity contribution >= 4 is 5.91 Å². The number of carbonyl (C=O) groups excluding carboxylic acids is 1. The van der Waals surface area contributed by atoms with Crippen LogP contribution >= 0.6 is 0 Å². The summed E-state index contributed by atoms with van der Waals surface area (Å²) in [7, 11) is 0. The second-order valence-corrected chi connectivity index (χ2v) is 9.65. The van der Waals surface area contributed by atoms with Crippen molar-refractivity contribution in [3.8, 4) is 11.8 Å². The molecule has 36 heavy (non-hydrogen) atoms. The highest BCUT2D eigenvalue weighted by Crippen LogP contribution is 2.32. The van der Waals surface area contributed by atoms with Crippen molar-refractivity contribution in [2.75, 3.05) is 39.3 Å². The number of β-amino-alcohol motifs (C(OH)–C–C–N with tert-alkyl or cyclic N) is 1. The van der Waals surface area contributed by atoms with Gasteiger partial charge in [0.05, 0.1) is 12.7 Å². The van der Waals surface area contributed by atoms with Gasteiger partial charge >= 0.3 is 0 Å². The molecule has 0 spiro atoms. The minimum absolute atomic E-state index is 0.0656. The maximum absolute atomic E-state index is 11.9. The quantitative estimate of drug-likeness (QED) is 0.213. The van der Waals surface area contributed by atoms with Gasteiger partial charge in [0.15, 0.2) is 0 Å². The van der Waals surface area contributed by atoms with Crippen LogP contribution in [0, 0.1) is 11.8 Å². The van der Waals surface area contributed by atoms with Crippen LogP contribution in [0.3, 0.4) is 0 Å². The summed E-state index contributed by atoms with van der Waals surface area (Å²) < 4.78 is 0. The van der Waals surface area contributed by atoms with Gasteiger partial charge < -0.3 is 10.2 Å². The van der Waals surface area contributed by atoms with E-state index in [0.717, 1.165) is 68.8 Å². The van der Waals surface area contributed by atoms with Crippen molar-refractivity contribution < 1.29 is 20.2 Å². The van der Waals surface area contributed by atoms with Crippen molar-refractivity contribution in [2.24, 2.45) is 0 Å². The van der Waals surface area contributed by atoms with Gasteiger partial charge in [0.1, 0.15) is 6.04 Å². The van der Waals surface area contributed by atoms with Crippen molar-refractivity contribution in [1.82, 2.24) is 20.6 Å². The molecule has 1 aliphatic heterocycles. The predicted molar refractivity (Wildman–Crippen MR) is 137 cm³/mol. The number of hydroxylamine groups is 1. The van der Waals surface area contributed by atoms with Crippen molar-refractivity contribution in [2.45, 2.75) is 44.5 Å². The minimum Gasteiger partial charge on any atom is -0.395 e. The Morgan fingerprint density at radius 1 is 1.06 bits per heavy atom. The molecule has 8 nitrogen and oxygen atoms in total. The second kappa shape index (κ2) is 12.5. The van der Waals surface area contributed by atoms with Gasteiger partial charge in [-0.1, -0.05) is 30.0 Å². The summed E-state index contributed by atoms with van der Waals surface area (Å²) in [5, 5.41) is 31.1. The number of nitrogens with zero attached hydrogens (tertiary/aromatic N) is 2. The van der Waals surface area contributed by atoms with Crippen LogP contribution in [0.2, 0.25) is 0 Å². The predicted octanol–water partition coefficient (Wildman–Crippen LogP) is 1.03. The van der Waals surface area contributed by atoms with Gasteiger partial charge in [-0.25, -0.2) is 5.48 Å². The summed E-state index contributed by atoms with van der Waals surface area (Å²) >= 11 is 0. The zero-order chi connectivity index (χ0) is 25.5. The van der Waals surface area contributed by atoms with E-state index in [2.05, 4.69) is 57.3 Å². The Hall–Kier alpha value is -2.77. The Labute approximate surface area is 212 Å². The molecule has 0 aromatic heterocycles. The molecule has 0 saturated carbocycles. The third kappa shape index (κ3) is 6.71. The first-order valence-electron chi connectivity index (χ1n) is 12.6. The number of aliphatic hydroxyl groups excluding tert-OH is 2. The lowest BCUT2D eigenvalue weighted by molar-refractivity contribution is -0.134. The fourth-order valence-corrected chi connectivity index (χ4v) is 5.00. The number of aliphatic hydroxyl groups is 2. The van der Waals surface area contributed by atoms with E-state index in [1.54, 1.807) is 5.48 Å². The molecule has 2 aromatic rings. The fourth-order valence-electron chi connectivity index (χ4n) is 5.00. The minimum atomic E-state index is -0.931. The maximum Gasteiger partial charge on any atom is 0.263 e. The first-order valence-corrected chi connectivity index (χ1v) is 12.6. The van der Waals surface area contributed by atoms with Crippen molar-refractivity contribution in [3.63, 3.8) is 0 Å². The first-order chi connectivity index (χ1) is 17.5. The Balaban J connectivity index is 1.34. The SMILES string of the molecule is C[C@@H](O)[C@H](N[C@H]1CCc2cc(C#Cc3ccc(CN4CCN(CCO)CC4)cc3)ccc21)C(=O)NO. The Kier molecular flexibility index (Phi) is 9.10. The number of benzene rings is 2. The number of fused-ring (bicyclic) bond motifs is 1. The molecule has 1 heterocycles. The number of carbonyl (C=O) groups is 1. The molecule has 192 valence electrons. The lowest BCUT2D eigenvalue weighted by Crippen LogP contribution is -2.50. The summed E-state index contributed by atoms with van der Waals surface area (Å²) in [5.41, 5.74) is 7.10. The van der Waals surface area contributed by atoms with Crippen LogP contribution in [-0.4, -0.2) is 82.6 Å². The molecule has 0 radical (unpaired) electrons. The number of nitrogens with one attached hydrogen (secondary N) is 2. The largest absolute Gasteiger partial charge is 0.395 e. The summed E-state index contributed by atoms with van der Waals surface area (Å²) in [5.74, 6) is 5.88. The van der Waals surface area contributed by atoms with Gasteiger partial charge in [0.2, 0.25) is 0 Å². The van der Waals surface area contributed by atoms with Gasteiger partial charge in [0, 0.05) is 56.4 Å². The molecule has 5 N–H and O–H groups in total. The lowest BCUT2D eigenvalue weighted by Gasteiger charge is -2.34. The van der Waals surface area contributed by atoms with E-state index in [9.17, 15) is 9.90 Å². The van der Waals surface area contributed by atoms with Crippen LogP contribution < -0.4 is 10.8 Å².